The van der Waals surface area contributed by atoms with Crippen LogP contribution in [0.15, 0.2) is 24.3 Å². The largest absolute Gasteiger partial charge is 0.472 e. The van der Waals surface area contributed by atoms with Crippen molar-refractivity contribution in [2.45, 2.75) is 174 Å². The molecule has 0 fully saturated rings. The Labute approximate surface area is 287 Å². The molecular formula is C37H70NO8P. The zero-order valence-corrected chi connectivity index (χ0v) is 30.9. The first-order chi connectivity index (χ1) is 22.8. The first kappa shape index (κ1) is 45.5. The summed E-state index contributed by atoms with van der Waals surface area (Å²) in [7, 11) is -4.37. The molecule has 0 aliphatic carbocycles. The van der Waals surface area contributed by atoms with Gasteiger partial charge >= 0.3 is 19.8 Å². The van der Waals surface area contributed by atoms with Crippen LogP contribution in [0.25, 0.3) is 0 Å². The van der Waals surface area contributed by atoms with Crippen LogP contribution >= 0.6 is 7.82 Å². The third kappa shape index (κ3) is 34.2. The molecule has 10 heteroatoms. The summed E-state index contributed by atoms with van der Waals surface area (Å²) in [5.41, 5.74) is 5.32. The van der Waals surface area contributed by atoms with Crippen LogP contribution in [0, 0.1) is 0 Å². The second-order valence-electron chi connectivity index (χ2n) is 12.4. The number of ether oxygens (including phenoxy) is 2. The first-order valence-electron chi connectivity index (χ1n) is 18.8. The maximum Gasteiger partial charge on any atom is 0.472 e. The Bertz CT molecular complexity index is 835. The number of phosphoric acid groups is 1. The maximum atomic E-state index is 12.5. The van der Waals surface area contributed by atoms with Crippen molar-refractivity contribution in [3.05, 3.63) is 24.3 Å². The Kier molecular flexibility index (Phi) is 33.3. The smallest absolute Gasteiger partial charge is 0.462 e. The number of unbranched alkanes of at least 4 members (excludes halogenated alkanes) is 18. The molecule has 0 aromatic rings. The van der Waals surface area contributed by atoms with E-state index < -0.39 is 32.5 Å². The minimum absolute atomic E-state index is 0.0516. The highest BCUT2D eigenvalue weighted by Gasteiger charge is 2.25. The predicted octanol–water partition coefficient (Wildman–Crippen LogP) is 10.0. The SMILES string of the molecule is CCCCCCC=CCCCCCCCC(=O)OC[C@H](COP(=O)(O)OCCN)OC(=O)CCCCCCCC=CCCCCCC. The van der Waals surface area contributed by atoms with E-state index in [2.05, 4.69) is 38.2 Å². The van der Waals surface area contributed by atoms with Crippen LogP contribution in [0.5, 0.6) is 0 Å². The zero-order valence-electron chi connectivity index (χ0n) is 30.0. The second kappa shape index (κ2) is 34.4. The van der Waals surface area contributed by atoms with E-state index in [1.807, 2.05) is 0 Å². The van der Waals surface area contributed by atoms with Gasteiger partial charge in [-0.05, 0) is 64.2 Å². The Hall–Kier alpha value is -1.51. The number of nitrogens with two attached hydrogens (primary N) is 1. The lowest BCUT2D eigenvalue weighted by molar-refractivity contribution is -0.161. The van der Waals surface area contributed by atoms with E-state index in [0.29, 0.717) is 6.42 Å². The molecule has 0 aliphatic rings. The minimum atomic E-state index is -4.37. The standard InChI is InChI=1S/C37H70NO8P/c1-3-5-7-9-11-13-15-17-19-21-23-25-27-29-36(39)43-33-35(34-45-47(41,42)44-32-31-38)46-37(40)30-28-26-24-22-20-18-16-14-12-10-8-6-4-2/h13-16,35H,3-12,17-34,38H2,1-2H3,(H,41,42)/t35-/m1/s1. The number of phosphoric ester groups is 1. The van der Waals surface area contributed by atoms with E-state index in [-0.39, 0.29) is 32.6 Å². The van der Waals surface area contributed by atoms with Gasteiger partial charge in [-0.15, -0.1) is 0 Å². The molecule has 276 valence electrons. The van der Waals surface area contributed by atoms with Crippen LogP contribution in [-0.2, 0) is 32.7 Å². The molecule has 1 unspecified atom stereocenters. The molecule has 2 atom stereocenters. The van der Waals surface area contributed by atoms with Crippen molar-refractivity contribution in [2.75, 3.05) is 26.4 Å². The first-order valence-corrected chi connectivity index (χ1v) is 20.3. The summed E-state index contributed by atoms with van der Waals surface area (Å²) in [6.45, 7) is 3.67. The molecule has 0 aliphatic heterocycles. The Morgan fingerprint density at radius 1 is 0.617 bits per heavy atom. The highest BCUT2D eigenvalue weighted by atomic mass is 31.2. The monoisotopic (exact) mass is 687 g/mol. The summed E-state index contributed by atoms with van der Waals surface area (Å²) in [6.07, 6.45) is 33.5. The summed E-state index contributed by atoms with van der Waals surface area (Å²) in [5.74, 6) is -0.849. The van der Waals surface area contributed by atoms with E-state index in [0.717, 1.165) is 70.6 Å². The van der Waals surface area contributed by atoms with Crippen molar-refractivity contribution in [1.82, 2.24) is 0 Å². The molecule has 0 heterocycles. The van der Waals surface area contributed by atoms with Crippen molar-refractivity contribution in [2.24, 2.45) is 5.73 Å². The van der Waals surface area contributed by atoms with Crippen molar-refractivity contribution in [3.8, 4) is 0 Å². The van der Waals surface area contributed by atoms with Crippen LogP contribution in [-0.4, -0.2) is 49.3 Å². The molecule has 0 rings (SSSR count). The number of allylic oxidation sites excluding steroid dienone is 4. The maximum absolute atomic E-state index is 12.5. The summed E-state index contributed by atoms with van der Waals surface area (Å²) in [6, 6.07) is 0. The second-order valence-corrected chi connectivity index (χ2v) is 13.9. The van der Waals surface area contributed by atoms with E-state index in [9.17, 15) is 19.0 Å². The topological polar surface area (TPSA) is 134 Å². The van der Waals surface area contributed by atoms with E-state index in [4.69, 9.17) is 24.3 Å². The van der Waals surface area contributed by atoms with Gasteiger partial charge in [-0.1, -0.05) is 115 Å². The molecule has 0 saturated heterocycles. The van der Waals surface area contributed by atoms with Gasteiger partial charge < -0.3 is 20.1 Å². The lowest BCUT2D eigenvalue weighted by Gasteiger charge is -2.19. The minimum Gasteiger partial charge on any atom is -0.462 e. The third-order valence-electron chi connectivity index (χ3n) is 7.81. The van der Waals surface area contributed by atoms with E-state index >= 15 is 0 Å². The van der Waals surface area contributed by atoms with Crippen molar-refractivity contribution in [1.29, 1.82) is 0 Å². The fraction of sp³-hybridized carbons (Fsp3) is 0.838. The van der Waals surface area contributed by atoms with Crippen molar-refractivity contribution in [3.63, 3.8) is 0 Å². The van der Waals surface area contributed by atoms with Crippen molar-refractivity contribution >= 4 is 19.8 Å². The van der Waals surface area contributed by atoms with Gasteiger partial charge in [-0.25, -0.2) is 4.57 Å². The fourth-order valence-electron chi connectivity index (χ4n) is 4.97. The third-order valence-corrected chi connectivity index (χ3v) is 8.79. The van der Waals surface area contributed by atoms with Gasteiger partial charge in [0.1, 0.15) is 6.61 Å². The van der Waals surface area contributed by atoms with Gasteiger partial charge in [0.2, 0.25) is 0 Å². The summed E-state index contributed by atoms with van der Waals surface area (Å²) in [4.78, 5) is 34.6. The molecule has 47 heavy (non-hydrogen) atoms. The average Bonchev–Trinajstić information content (AvgIpc) is 3.05. The highest BCUT2D eigenvalue weighted by Crippen LogP contribution is 2.43. The quantitative estimate of drug-likeness (QED) is 0.0289. The summed E-state index contributed by atoms with van der Waals surface area (Å²) < 4.78 is 32.6. The predicted molar refractivity (Wildman–Crippen MR) is 192 cm³/mol. The zero-order chi connectivity index (χ0) is 34.7. The normalized spacial score (nSPS) is 13.7. The molecule has 0 saturated carbocycles. The molecule has 9 nitrogen and oxygen atoms in total. The Morgan fingerprint density at radius 2 is 1.04 bits per heavy atom. The number of rotatable bonds is 35. The van der Waals surface area contributed by atoms with Crippen LogP contribution in [0.2, 0.25) is 0 Å². The van der Waals surface area contributed by atoms with Gasteiger partial charge in [0, 0.05) is 19.4 Å². The van der Waals surface area contributed by atoms with Gasteiger partial charge in [0.05, 0.1) is 13.2 Å². The van der Waals surface area contributed by atoms with Crippen LogP contribution < -0.4 is 5.73 Å². The van der Waals surface area contributed by atoms with Crippen LogP contribution in [0.1, 0.15) is 168 Å². The van der Waals surface area contributed by atoms with Crippen LogP contribution in [0.4, 0.5) is 0 Å². The fourth-order valence-corrected chi connectivity index (χ4v) is 5.74. The van der Waals surface area contributed by atoms with Gasteiger partial charge in [-0.2, -0.15) is 0 Å². The average molecular weight is 688 g/mol. The van der Waals surface area contributed by atoms with E-state index in [1.54, 1.807) is 0 Å². The molecule has 0 aromatic heterocycles. The van der Waals surface area contributed by atoms with Crippen LogP contribution in [0.3, 0.4) is 0 Å². The lowest BCUT2D eigenvalue weighted by Crippen LogP contribution is -2.29. The molecule has 0 spiro atoms. The molecule has 0 radical (unpaired) electrons. The van der Waals surface area contributed by atoms with E-state index in [1.165, 1.54) is 64.2 Å². The summed E-state index contributed by atoms with van der Waals surface area (Å²) in [5, 5.41) is 0. The molecular weight excluding hydrogens is 617 g/mol. The number of esters is 2. The van der Waals surface area contributed by atoms with Gasteiger partial charge in [-0.3, -0.25) is 18.6 Å². The molecule has 0 bridgehead atoms. The van der Waals surface area contributed by atoms with Crippen molar-refractivity contribution < 1.29 is 37.6 Å². The van der Waals surface area contributed by atoms with Gasteiger partial charge in [0.15, 0.2) is 6.10 Å². The highest BCUT2D eigenvalue weighted by molar-refractivity contribution is 7.47. The number of carbonyl (C=O) groups is 2. The number of hydrogen-bond donors (Lipinski definition) is 2. The molecule has 0 amide bonds. The Balaban J connectivity index is 4.26. The Morgan fingerprint density at radius 3 is 1.51 bits per heavy atom. The lowest BCUT2D eigenvalue weighted by atomic mass is 10.1. The number of hydrogen-bond acceptors (Lipinski definition) is 8. The summed E-state index contributed by atoms with van der Waals surface area (Å²) >= 11 is 0. The molecule has 3 N–H and O–H groups in total. The van der Waals surface area contributed by atoms with Gasteiger partial charge in [0.25, 0.3) is 0 Å². The number of carbonyl (C=O) groups excluding carboxylic acids is 2. The molecule has 0 aromatic carbocycles.